The standard InChI is InChI=1S/C21H34N4O2/c1-4-22-20(24-16-21(25(2)3)9-13-26-14-10-21)23-11-7-17-5-6-19-18(15-17)8-12-27-19/h5-6,15H,4,7-14,16H2,1-3H3,(H2,22,23,24). The van der Waals surface area contributed by atoms with Crippen LogP contribution in [0.3, 0.4) is 0 Å². The van der Waals surface area contributed by atoms with E-state index in [1.165, 1.54) is 11.1 Å². The first kappa shape index (κ1) is 20.0. The maximum Gasteiger partial charge on any atom is 0.191 e. The van der Waals surface area contributed by atoms with Gasteiger partial charge < -0.3 is 25.0 Å². The second kappa shape index (κ2) is 9.42. The zero-order valence-electron chi connectivity index (χ0n) is 17.0. The molecule has 3 rings (SSSR count). The zero-order chi connectivity index (χ0) is 19.1. The number of nitrogens with zero attached hydrogens (tertiary/aromatic N) is 2. The minimum absolute atomic E-state index is 0.0978. The van der Waals surface area contributed by atoms with E-state index < -0.39 is 0 Å². The summed E-state index contributed by atoms with van der Waals surface area (Å²) >= 11 is 0. The zero-order valence-corrected chi connectivity index (χ0v) is 17.0. The number of rotatable bonds is 7. The molecule has 0 amide bonds. The Morgan fingerprint density at radius 2 is 2.00 bits per heavy atom. The lowest BCUT2D eigenvalue weighted by molar-refractivity contribution is -0.00254. The average Bonchev–Trinajstić information content (AvgIpc) is 3.14. The van der Waals surface area contributed by atoms with Gasteiger partial charge in [-0.15, -0.1) is 0 Å². The van der Waals surface area contributed by atoms with Crippen molar-refractivity contribution in [2.24, 2.45) is 4.99 Å². The minimum Gasteiger partial charge on any atom is -0.493 e. The third-order valence-corrected chi connectivity index (χ3v) is 5.71. The normalized spacial score (nSPS) is 18.9. The summed E-state index contributed by atoms with van der Waals surface area (Å²) in [6.45, 7) is 7.07. The number of nitrogens with one attached hydrogen (secondary N) is 2. The van der Waals surface area contributed by atoms with Crippen LogP contribution in [0.25, 0.3) is 0 Å². The van der Waals surface area contributed by atoms with Crippen LogP contribution in [0.1, 0.15) is 30.9 Å². The van der Waals surface area contributed by atoms with Crippen molar-refractivity contribution < 1.29 is 9.47 Å². The molecule has 1 aromatic carbocycles. The van der Waals surface area contributed by atoms with Crippen LogP contribution in [0, 0.1) is 0 Å². The monoisotopic (exact) mass is 374 g/mol. The van der Waals surface area contributed by atoms with E-state index >= 15 is 0 Å². The fraction of sp³-hybridized carbons (Fsp3) is 0.667. The third kappa shape index (κ3) is 5.14. The number of aliphatic imine (C=N–C) groups is 1. The first-order chi connectivity index (χ1) is 13.1. The van der Waals surface area contributed by atoms with Crippen LogP contribution in [0.5, 0.6) is 5.75 Å². The van der Waals surface area contributed by atoms with Gasteiger partial charge in [-0.1, -0.05) is 12.1 Å². The molecule has 1 aromatic rings. The number of hydrogen-bond acceptors (Lipinski definition) is 4. The Labute approximate surface area is 163 Å². The van der Waals surface area contributed by atoms with Gasteiger partial charge in [0, 0.05) is 38.3 Å². The van der Waals surface area contributed by atoms with Crippen LogP contribution < -0.4 is 15.4 Å². The highest BCUT2D eigenvalue weighted by atomic mass is 16.5. The number of fused-ring (bicyclic) bond motifs is 1. The Bertz CT molecular complexity index is 639. The number of guanidine groups is 1. The van der Waals surface area contributed by atoms with Crippen LogP contribution in [-0.2, 0) is 17.6 Å². The lowest BCUT2D eigenvalue weighted by Gasteiger charge is -2.41. The van der Waals surface area contributed by atoms with Gasteiger partial charge in [-0.3, -0.25) is 4.99 Å². The molecular weight excluding hydrogens is 340 g/mol. The van der Waals surface area contributed by atoms with Crippen molar-refractivity contribution in [1.82, 2.24) is 15.5 Å². The van der Waals surface area contributed by atoms with Gasteiger partial charge >= 0.3 is 0 Å². The summed E-state index contributed by atoms with van der Waals surface area (Å²) in [7, 11) is 4.30. The topological polar surface area (TPSA) is 58.1 Å². The molecule has 150 valence electrons. The number of ether oxygens (including phenoxy) is 2. The molecular formula is C21H34N4O2. The molecule has 0 unspecified atom stereocenters. The van der Waals surface area contributed by atoms with Crippen LogP contribution in [0.2, 0.25) is 0 Å². The molecule has 2 N–H and O–H groups in total. The van der Waals surface area contributed by atoms with E-state index in [0.717, 1.165) is 76.8 Å². The van der Waals surface area contributed by atoms with Gasteiger partial charge in [-0.2, -0.15) is 0 Å². The fourth-order valence-corrected chi connectivity index (χ4v) is 3.79. The SMILES string of the molecule is CCNC(=NCC1(N(C)C)CCOCC1)NCCc1ccc2c(c1)CCO2. The van der Waals surface area contributed by atoms with Crippen LogP contribution in [-0.4, -0.2) is 69.9 Å². The van der Waals surface area contributed by atoms with E-state index in [4.69, 9.17) is 14.5 Å². The van der Waals surface area contributed by atoms with Gasteiger partial charge in [-0.05, 0) is 57.5 Å². The predicted molar refractivity (Wildman–Crippen MR) is 110 cm³/mol. The minimum atomic E-state index is 0.0978. The summed E-state index contributed by atoms with van der Waals surface area (Å²) in [6.07, 6.45) is 4.06. The van der Waals surface area contributed by atoms with Gasteiger partial charge in [0.25, 0.3) is 0 Å². The van der Waals surface area contributed by atoms with Crippen LogP contribution in [0.4, 0.5) is 0 Å². The highest BCUT2D eigenvalue weighted by Gasteiger charge is 2.34. The van der Waals surface area contributed by atoms with Gasteiger partial charge in [0.2, 0.25) is 0 Å². The second-order valence-corrected chi connectivity index (χ2v) is 7.64. The Balaban J connectivity index is 1.55. The van der Waals surface area contributed by atoms with Crippen LogP contribution in [0.15, 0.2) is 23.2 Å². The smallest absolute Gasteiger partial charge is 0.191 e. The summed E-state index contributed by atoms with van der Waals surface area (Å²) in [6, 6.07) is 6.54. The fourth-order valence-electron chi connectivity index (χ4n) is 3.79. The molecule has 2 aliphatic rings. The Morgan fingerprint density at radius 1 is 1.19 bits per heavy atom. The predicted octanol–water partition coefficient (Wildman–Crippen LogP) is 1.83. The average molecular weight is 375 g/mol. The molecule has 0 spiro atoms. The lowest BCUT2D eigenvalue weighted by Crippen LogP contribution is -2.51. The number of hydrogen-bond donors (Lipinski definition) is 2. The van der Waals surface area contributed by atoms with E-state index in [2.05, 4.69) is 54.8 Å². The van der Waals surface area contributed by atoms with Crippen molar-refractivity contribution >= 4 is 5.96 Å². The van der Waals surface area contributed by atoms with E-state index in [-0.39, 0.29) is 5.54 Å². The first-order valence-electron chi connectivity index (χ1n) is 10.1. The van der Waals surface area contributed by atoms with E-state index in [1.807, 2.05) is 0 Å². The van der Waals surface area contributed by atoms with Gasteiger partial charge in [-0.25, -0.2) is 0 Å². The van der Waals surface area contributed by atoms with Gasteiger partial charge in [0.05, 0.1) is 13.2 Å². The third-order valence-electron chi connectivity index (χ3n) is 5.71. The van der Waals surface area contributed by atoms with Gasteiger partial charge in [0.15, 0.2) is 5.96 Å². The molecule has 0 aliphatic carbocycles. The summed E-state index contributed by atoms with van der Waals surface area (Å²) in [4.78, 5) is 7.21. The summed E-state index contributed by atoms with van der Waals surface area (Å²) < 4.78 is 11.1. The maximum atomic E-state index is 5.59. The number of benzene rings is 1. The summed E-state index contributed by atoms with van der Waals surface area (Å²) in [5.74, 6) is 1.95. The largest absolute Gasteiger partial charge is 0.493 e. The molecule has 6 heteroatoms. The lowest BCUT2D eigenvalue weighted by atomic mass is 9.89. The molecule has 6 nitrogen and oxygen atoms in total. The Kier molecular flexibility index (Phi) is 6.96. The van der Waals surface area contributed by atoms with E-state index in [0.29, 0.717) is 0 Å². The highest BCUT2D eigenvalue weighted by molar-refractivity contribution is 5.79. The van der Waals surface area contributed by atoms with Gasteiger partial charge in [0.1, 0.15) is 5.75 Å². The molecule has 0 radical (unpaired) electrons. The molecule has 1 saturated heterocycles. The molecule has 2 aliphatic heterocycles. The van der Waals surface area contributed by atoms with E-state index in [9.17, 15) is 0 Å². The van der Waals surface area contributed by atoms with Crippen molar-refractivity contribution in [2.75, 3.05) is 53.6 Å². The van der Waals surface area contributed by atoms with E-state index in [1.54, 1.807) is 0 Å². The van der Waals surface area contributed by atoms with Crippen molar-refractivity contribution in [3.8, 4) is 5.75 Å². The highest BCUT2D eigenvalue weighted by Crippen LogP contribution is 2.27. The Morgan fingerprint density at radius 3 is 2.74 bits per heavy atom. The molecule has 0 atom stereocenters. The maximum absolute atomic E-state index is 5.59. The van der Waals surface area contributed by atoms with Crippen molar-refractivity contribution in [1.29, 1.82) is 0 Å². The second-order valence-electron chi connectivity index (χ2n) is 7.64. The summed E-state index contributed by atoms with van der Waals surface area (Å²) in [5.41, 5.74) is 2.78. The quantitative estimate of drug-likeness (QED) is 0.563. The van der Waals surface area contributed by atoms with Crippen molar-refractivity contribution in [3.05, 3.63) is 29.3 Å². The molecule has 0 saturated carbocycles. The summed E-state index contributed by atoms with van der Waals surface area (Å²) in [5, 5.41) is 6.87. The Hall–Kier alpha value is -1.79. The molecule has 1 fully saturated rings. The molecule has 27 heavy (non-hydrogen) atoms. The first-order valence-corrected chi connectivity index (χ1v) is 10.1. The molecule has 0 bridgehead atoms. The van der Waals surface area contributed by atoms with Crippen molar-refractivity contribution in [2.45, 2.75) is 38.1 Å². The molecule has 0 aromatic heterocycles. The van der Waals surface area contributed by atoms with Crippen molar-refractivity contribution in [3.63, 3.8) is 0 Å². The van der Waals surface area contributed by atoms with Crippen LogP contribution >= 0.6 is 0 Å². The molecule has 2 heterocycles. The number of likely N-dealkylation sites (N-methyl/N-ethyl adjacent to an activating group) is 1.